The highest BCUT2D eigenvalue weighted by Gasteiger charge is 2.57. The van der Waals surface area contributed by atoms with E-state index in [0.717, 1.165) is 22.7 Å². The lowest BCUT2D eigenvalue weighted by atomic mass is 9.95. The Morgan fingerprint density at radius 1 is 0.931 bits per heavy atom. The predicted molar refractivity (Wildman–Crippen MR) is 201 cm³/mol. The molecule has 58 heavy (non-hydrogen) atoms. The van der Waals surface area contributed by atoms with Crippen molar-refractivity contribution in [3.8, 4) is 0 Å². The van der Waals surface area contributed by atoms with Crippen molar-refractivity contribution in [1.29, 1.82) is 0 Å². The molecule has 5 aliphatic heterocycles. The lowest BCUT2D eigenvalue weighted by Crippen LogP contribution is -2.44. The molecule has 3 fully saturated rings. The molecule has 1 aromatic heterocycles. The molecule has 3 N–H and O–H groups in total. The normalized spacial score (nSPS) is 34.9. The smallest absolute Gasteiger partial charge is 0.382 e. The average molecular weight is 862 g/mol. The quantitative estimate of drug-likeness (QED) is 0.184. The molecule has 8 rings (SSSR count). The number of allylic oxidation sites excluding steroid dienone is 1. The number of ether oxygens (including phenoxy) is 2. The fourth-order valence-corrected chi connectivity index (χ4v) is 11.4. The Labute approximate surface area is 333 Å². The van der Waals surface area contributed by atoms with Crippen LogP contribution in [0.5, 0.6) is 0 Å². The molecule has 6 heterocycles. The number of nitrogens with zero attached hydrogens (tertiary/aromatic N) is 4. The first-order valence-electron chi connectivity index (χ1n) is 17.9. The molecular weight excluding hydrogens is 826 g/mol. The summed E-state index contributed by atoms with van der Waals surface area (Å²) in [4.78, 5) is 61.6. The summed E-state index contributed by atoms with van der Waals surface area (Å²) in [6, 6.07) is 13.6. The Kier molecular flexibility index (Phi) is 11.4. The number of benzene rings is 2. The summed E-state index contributed by atoms with van der Waals surface area (Å²) in [5, 5.41) is 0. The van der Waals surface area contributed by atoms with E-state index in [1.807, 2.05) is 19.1 Å². The van der Waals surface area contributed by atoms with Gasteiger partial charge in [0.25, 0.3) is 0 Å². The van der Waals surface area contributed by atoms with Crippen molar-refractivity contribution in [1.82, 2.24) is 14.9 Å². The number of halogens is 2. The molecule has 17 nitrogen and oxygen atoms in total. The molecule has 11 atom stereocenters. The van der Waals surface area contributed by atoms with Crippen LogP contribution in [0.4, 0.5) is 20.3 Å². The first-order chi connectivity index (χ1) is 27.7. The SMILES string of the molecule is Cc1ccc(C(=O)c2ccc(CSP3(=O)OC[C@H]4O[C@@H](N5C=CC(=O)CC5=O)[C@H](F)[C@@H]4OP(=O)(O)OC[C@H]4O[C@@H](C5C=Nc6c(N)ncnc65)[C@H](O3)[C@@H]4F)cc2)cc1. The Morgan fingerprint density at radius 3 is 2.36 bits per heavy atom. The van der Waals surface area contributed by atoms with Gasteiger partial charge in [0, 0.05) is 29.3 Å². The van der Waals surface area contributed by atoms with Crippen LogP contribution in [-0.2, 0) is 52.0 Å². The molecule has 22 heteroatoms. The van der Waals surface area contributed by atoms with Crippen LogP contribution in [0, 0.1) is 6.92 Å². The Hall–Kier alpha value is -4.07. The molecule has 5 aliphatic rings. The van der Waals surface area contributed by atoms with Crippen LogP contribution in [-0.4, -0.2) is 106 Å². The minimum Gasteiger partial charge on any atom is -0.382 e. The van der Waals surface area contributed by atoms with Crippen molar-refractivity contribution < 1.29 is 64.8 Å². The molecule has 2 bridgehead atoms. The van der Waals surface area contributed by atoms with Gasteiger partial charge in [-0.1, -0.05) is 54.1 Å². The van der Waals surface area contributed by atoms with E-state index in [0.29, 0.717) is 28.1 Å². The second-order valence-electron chi connectivity index (χ2n) is 14.0. The molecule has 0 spiro atoms. The predicted octanol–water partition coefficient (Wildman–Crippen LogP) is 4.84. The minimum atomic E-state index is -5.23. The number of hydrogen-bond donors (Lipinski definition) is 2. The zero-order chi connectivity index (χ0) is 40.9. The van der Waals surface area contributed by atoms with Crippen LogP contribution in [0.25, 0.3) is 0 Å². The largest absolute Gasteiger partial charge is 0.472 e. The molecule has 0 aliphatic carbocycles. The van der Waals surface area contributed by atoms with Gasteiger partial charge < -0.3 is 20.1 Å². The number of amides is 1. The zero-order valence-corrected chi connectivity index (χ0v) is 32.9. The zero-order valence-electron chi connectivity index (χ0n) is 30.3. The highest BCUT2D eigenvalue weighted by Crippen LogP contribution is 2.65. The summed E-state index contributed by atoms with van der Waals surface area (Å²) in [7, 11) is -5.23. The Morgan fingerprint density at radius 2 is 1.64 bits per heavy atom. The van der Waals surface area contributed by atoms with Gasteiger partial charge in [0.05, 0.1) is 31.2 Å². The number of alkyl halides is 2. The van der Waals surface area contributed by atoms with Crippen LogP contribution in [0.3, 0.4) is 0 Å². The van der Waals surface area contributed by atoms with Crippen LogP contribution in [0.2, 0.25) is 0 Å². The fourth-order valence-electron chi connectivity index (χ4n) is 7.03. The summed E-state index contributed by atoms with van der Waals surface area (Å²) < 4.78 is 95.0. The van der Waals surface area contributed by atoms with E-state index < -0.39 is 101 Å². The summed E-state index contributed by atoms with van der Waals surface area (Å²) in [5.74, 6) is -2.51. The number of phosphoric acid groups is 1. The van der Waals surface area contributed by atoms with Gasteiger partial charge in [-0.25, -0.2) is 27.9 Å². The lowest BCUT2D eigenvalue weighted by molar-refractivity contribution is -0.146. The van der Waals surface area contributed by atoms with Gasteiger partial charge in [0.2, 0.25) is 5.91 Å². The molecule has 3 unspecified atom stereocenters. The number of carbonyl (C=O) groups is 3. The van der Waals surface area contributed by atoms with E-state index in [2.05, 4.69) is 15.0 Å². The monoisotopic (exact) mass is 861 g/mol. The number of anilines is 1. The third-order valence-electron chi connectivity index (χ3n) is 10.0. The van der Waals surface area contributed by atoms with E-state index in [9.17, 15) is 28.4 Å². The van der Waals surface area contributed by atoms with Crippen molar-refractivity contribution in [3.63, 3.8) is 0 Å². The van der Waals surface area contributed by atoms with E-state index in [-0.39, 0.29) is 28.7 Å². The van der Waals surface area contributed by atoms with Gasteiger partial charge in [-0.3, -0.25) is 42.4 Å². The van der Waals surface area contributed by atoms with Crippen molar-refractivity contribution in [2.45, 2.75) is 74.1 Å². The first kappa shape index (κ1) is 40.7. The van der Waals surface area contributed by atoms with Crippen LogP contribution < -0.4 is 5.73 Å². The van der Waals surface area contributed by atoms with Gasteiger partial charge in [-0.15, -0.1) is 0 Å². The molecule has 3 saturated heterocycles. The van der Waals surface area contributed by atoms with Crippen LogP contribution in [0.1, 0.15) is 45.1 Å². The molecule has 306 valence electrons. The maximum absolute atomic E-state index is 16.5. The number of aryl methyl sites for hydroxylation is 1. The van der Waals surface area contributed by atoms with Gasteiger partial charge in [-0.05, 0) is 29.9 Å². The number of nitrogen functional groups attached to an aromatic ring is 1. The fraction of sp³-hybridized carbons (Fsp3) is 0.389. The number of hydrogen-bond acceptors (Lipinski definition) is 16. The minimum absolute atomic E-state index is 0.0384. The first-order valence-corrected chi connectivity index (χ1v) is 22.5. The summed E-state index contributed by atoms with van der Waals surface area (Å²) in [6.45, 7) is -4.42. The van der Waals surface area contributed by atoms with Crippen molar-refractivity contribution in [3.05, 3.63) is 95.1 Å². The maximum atomic E-state index is 16.5. The lowest BCUT2D eigenvalue weighted by Gasteiger charge is -2.29. The van der Waals surface area contributed by atoms with E-state index in [1.54, 1.807) is 36.4 Å². The number of aromatic nitrogens is 2. The van der Waals surface area contributed by atoms with E-state index in [1.165, 1.54) is 12.5 Å². The van der Waals surface area contributed by atoms with E-state index in [4.69, 9.17) is 33.3 Å². The molecule has 3 aromatic rings. The second-order valence-corrected chi connectivity index (χ2v) is 19.4. The van der Waals surface area contributed by atoms with E-state index >= 15 is 8.78 Å². The van der Waals surface area contributed by atoms with Crippen molar-refractivity contribution in [2.24, 2.45) is 4.99 Å². The highest BCUT2D eigenvalue weighted by atomic mass is 32.7. The number of fused-ring (bicyclic) bond motifs is 4. The number of nitrogens with two attached hydrogens (primary N) is 1. The number of aliphatic imine (C=N–C) groups is 1. The van der Waals surface area contributed by atoms with Crippen molar-refractivity contribution >= 4 is 61.2 Å². The number of ketones is 2. The number of phosphoric ester groups is 1. The summed E-state index contributed by atoms with van der Waals surface area (Å²) in [6.07, 6.45) is -10.4. The van der Waals surface area contributed by atoms with Gasteiger partial charge in [0.1, 0.15) is 42.5 Å². The Balaban J connectivity index is 1.09. The topological polar surface area (TPSA) is 228 Å². The Bertz CT molecular complexity index is 2270. The molecule has 0 saturated carbocycles. The van der Waals surface area contributed by atoms with Crippen LogP contribution >= 0.6 is 26.0 Å². The van der Waals surface area contributed by atoms with Crippen LogP contribution in [0.15, 0.2) is 72.1 Å². The second kappa shape index (κ2) is 16.2. The maximum Gasteiger partial charge on any atom is 0.472 e. The summed E-state index contributed by atoms with van der Waals surface area (Å²) in [5.41, 5.74) is 8.90. The average Bonchev–Trinajstić information content (AvgIpc) is 3.86. The van der Waals surface area contributed by atoms with Gasteiger partial charge >= 0.3 is 14.6 Å². The third kappa shape index (κ3) is 8.23. The van der Waals surface area contributed by atoms with Crippen molar-refractivity contribution in [2.75, 3.05) is 18.9 Å². The molecule has 0 radical (unpaired) electrons. The molecule has 2 aromatic carbocycles. The summed E-state index contributed by atoms with van der Waals surface area (Å²) >= 11 is 0.643. The number of carbonyl (C=O) groups excluding carboxylic acids is 3. The third-order valence-corrected chi connectivity index (χ3v) is 14.7. The van der Waals surface area contributed by atoms with Gasteiger partial charge in [-0.2, -0.15) is 0 Å². The van der Waals surface area contributed by atoms with Gasteiger partial charge in [0.15, 0.2) is 36.0 Å². The highest BCUT2D eigenvalue weighted by molar-refractivity contribution is 8.54. The standard InChI is InChI=1S/C36H35F2N5O12P2S/c1-18-2-6-20(7-3-18)31(46)21-8-4-19(5-9-21)16-58-57(49)51-15-25-33(28(38)36(53-25)43-11-10-22(44)12-26(43)45)54-56(47,48)50-14-24-27(37)34(55-57)32(52-24)23-13-40-30-29(23)41-17-42-35(30)39/h2-11,13,17,23-25,27-28,32-34,36H,12,14-16H2,1H3,(H,47,48)(H2,39,41,42)/t23?,24-,25-,27-,28-,32+,33-,34-,36-,57?/m1/s1. The molecular formula is C36H35F2N5O12P2S. The molecule has 1 amide bonds. The number of rotatable bonds is 7.